The summed E-state index contributed by atoms with van der Waals surface area (Å²) in [5.41, 5.74) is 1.17. The van der Waals surface area contributed by atoms with Gasteiger partial charge in [-0.15, -0.1) is 0 Å². The second kappa shape index (κ2) is 7.34. The zero-order valence-corrected chi connectivity index (χ0v) is 12.8. The molecule has 2 aromatic carbocycles. The molecule has 0 fully saturated rings. The van der Waals surface area contributed by atoms with E-state index in [4.69, 9.17) is 17.0 Å². The number of nitrogens with zero attached hydrogens (tertiary/aromatic N) is 1. The number of ether oxygens (including phenoxy) is 1. The molecule has 110 valence electrons. The van der Waals surface area contributed by atoms with Crippen LogP contribution in [0, 0.1) is 17.2 Å². The highest BCUT2D eigenvalue weighted by Crippen LogP contribution is 2.17. The smallest absolute Gasteiger partial charge is 0.186 e. The maximum Gasteiger partial charge on any atom is 0.186 e. The van der Waals surface area contributed by atoms with E-state index in [0.29, 0.717) is 17.0 Å². The zero-order valence-electron chi connectivity index (χ0n) is 11.9. The second-order valence-corrected chi connectivity index (χ2v) is 4.95. The van der Waals surface area contributed by atoms with Gasteiger partial charge >= 0.3 is 0 Å². The van der Waals surface area contributed by atoms with E-state index in [-0.39, 0.29) is 10.8 Å². The third kappa shape index (κ3) is 3.68. The molecule has 0 radical (unpaired) electrons. The van der Waals surface area contributed by atoms with Crippen LogP contribution in [0.2, 0.25) is 0 Å². The molecule has 4 nitrogen and oxygen atoms in total. The lowest BCUT2D eigenvalue weighted by Gasteiger charge is -2.12. The molecule has 0 saturated carbocycles. The van der Waals surface area contributed by atoms with Gasteiger partial charge in [-0.2, -0.15) is 5.26 Å². The maximum atomic E-state index is 12.3. The Balaban J connectivity index is 2.12. The number of rotatable bonds is 5. The van der Waals surface area contributed by atoms with Crippen molar-refractivity contribution >= 4 is 28.7 Å². The van der Waals surface area contributed by atoms with E-state index < -0.39 is 5.92 Å². The van der Waals surface area contributed by atoms with Crippen LogP contribution in [-0.2, 0) is 0 Å². The highest BCUT2D eigenvalue weighted by Gasteiger charge is 2.24. The lowest BCUT2D eigenvalue weighted by Crippen LogP contribution is -2.27. The fourth-order valence-corrected chi connectivity index (χ4v) is 2.17. The molecule has 0 saturated heterocycles. The maximum absolute atomic E-state index is 12.3. The van der Waals surface area contributed by atoms with Gasteiger partial charge in [-0.25, -0.2) is 0 Å². The van der Waals surface area contributed by atoms with Crippen LogP contribution < -0.4 is 10.1 Å². The van der Waals surface area contributed by atoms with Crippen LogP contribution in [0.1, 0.15) is 10.4 Å². The van der Waals surface area contributed by atoms with Gasteiger partial charge in [-0.3, -0.25) is 4.79 Å². The number of nitriles is 1. The molecule has 2 aromatic rings. The van der Waals surface area contributed by atoms with Crippen LogP contribution in [0.15, 0.2) is 54.6 Å². The number of nitrogens with one attached hydrogen (secondary N) is 1. The molecule has 0 aliphatic heterocycles. The first-order chi connectivity index (χ1) is 10.7. The van der Waals surface area contributed by atoms with Gasteiger partial charge in [-0.1, -0.05) is 42.5 Å². The Kier molecular flexibility index (Phi) is 5.23. The van der Waals surface area contributed by atoms with E-state index in [1.807, 2.05) is 12.1 Å². The Morgan fingerprint density at radius 1 is 1.18 bits per heavy atom. The number of hydrogen-bond donors (Lipinski definition) is 1. The van der Waals surface area contributed by atoms with Gasteiger partial charge < -0.3 is 10.1 Å². The van der Waals surface area contributed by atoms with Crippen LogP contribution >= 0.6 is 12.2 Å². The topological polar surface area (TPSA) is 62.1 Å². The molecule has 1 N–H and O–H groups in total. The molecular weight excluding hydrogens is 296 g/mol. The van der Waals surface area contributed by atoms with Crippen molar-refractivity contribution in [3.05, 3.63) is 60.2 Å². The Hall–Kier alpha value is -2.71. The van der Waals surface area contributed by atoms with E-state index >= 15 is 0 Å². The largest absolute Gasteiger partial charge is 0.497 e. The highest BCUT2D eigenvalue weighted by atomic mass is 32.1. The summed E-state index contributed by atoms with van der Waals surface area (Å²) in [6, 6.07) is 17.7. The number of anilines is 1. The fraction of sp³-hybridized carbons (Fsp3) is 0.118. The van der Waals surface area contributed by atoms with Crippen molar-refractivity contribution in [2.24, 2.45) is 5.92 Å². The summed E-state index contributed by atoms with van der Waals surface area (Å²) >= 11 is 5.21. The summed E-state index contributed by atoms with van der Waals surface area (Å²) in [6.07, 6.45) is 0. The zero-order chi connectivity index (χ0) is 15.9. The summed E-state index contributed by atoms with van der Waals surface area (Å²) in [4.78, 5) is 12.5. The second-order valence-electron chi connectivity index (χ2n) is 4.51. The molecule has 0 bridgehead atoms. The molecule has 5 heteroatoms. The number of hydrogen-bond acceptors (Lipinski definition) is 4. The fourth-order valence-electron chi connectivity index (χ4n) is 1.89. The molecule has 0 amide bonds. The molecule has 0 aliphatic rings. The van der Waals surface area contributed by atoms with E-state index in [0.717, 1.165) is 0 Å². The molecule has 0 aliphatic carbocycles. The Bertz CT molecular complexity index is 706. The van der Waals surface area contributed by atoms with Crippen LogP contribution in [-0.4, -0.2) is 17.9 Å². The monoisotopic (exact) mass is 310 g/mol. The van der Waals surface area contributed by atoms with Crippen molar-refractivity contribution in [2.75, 3.05) is 12.4 Å². The molecule has 2 rings (SSSR count). The minimum Gasteiger partial charge on any atom is -0.497 e. The van der Waals surface area contributed by atoms with Gasteiger partial charge in [0.1, 0.15) is 10.7 Å². The first kappa shape index (κ1) is 15.7. The number of thiocarbonyl (C=S) groups is 1. The first-order valence-electron chi connectivity index (χ1n) is 6.59. The van der Waals surface area contributed by atoms with Crippen molar-refractivity contribution in [1.82, 2.24) is 0 Å². The molecule has 22 heavy (non-hydrogen) atoms. The number of methoxy groups -OCH3 is 1. The lowest BCUT2D eigenvalue weighted by atomic mass is 9.98. The molecule has 1 unspecified atom stereocenters. The summed E-state index contributed by atoms with van der Waals surface area (Å²) in [6.45, 7) is 0. The van der Waals surface area contributed by atoms with Crippen molar-refractivity contribution in [3.63, 3.8) is 0 Å². The van der Waals surface area contributed by atoms with Crippen LogP contribution in [0.4, 0.5) is 5.69 Å². The number of benzene rings is 2. The van der Waals surface area contributed by atoms with Crippen molar-refractivity contribution in [2.45, 2.75) is 0 Å². The number of ketones is 1. The molecular formula is C17H14N2O2S. The van der Waals surface area contributed by atoms with Gasteiger partial charge in [-0.05, 0) is 24.3 Å². The van der Waals surface area contributed by atoms with Crippen molar-refractivity contribution < 1.29 is 9.53 Å². The van der Waals surface area contributed by atoms with Crippen molar-refractivity contribution in [3.8, 4) is 11.8 Å². The van der Waals surface area contributed by atoms with Gasteiger partial charge in [0.25, 0.3) is 0 Å². The van der Waals surface area contributed by atoms with Crippen molar-refractivity contribution in [1.29, 1.82) is 5.26 Å². The Morgan fingerprint density at radius 3 is 2.36 bits per heavy atom. The van der Waals surface area contributed by atoms with E-state index in [1.165, 1.54) is 0 Å². The number of Topliss-reactive ketones (excluding diaryl/α,β-unsaturated/α-hetero) is 1. The molecule has 0 aromatic heterocycles. The minimum absolute atomic E-state index is 0.182. The Labute approximate surface area is 134 Å². The van der Waals surface area contributed by atoms with Gasteiger partial charge in [0, 0.05) is 11.3 Å². The van der Waals surface area contributed by atoms with Crippen LogP contribution in [0.25, 0.3) is 0 Å². The molecule has 0 spiro atoms. The summed E-state index contributed by atoms with van der Waals surface area (Å²) in [5.74, 6) is -0.609. The standard InChI is InChI=1S/C17H14N2O2S/c1-21-14-9-7-13(8-10-14)19-17(22)15(11-18)16(20)12-5-3-2-4-6-12/h2-10,15H,1H3,(H,19,22). The predicted octanol–water partition coefficient (Wildman–Crippen LogP) is 3.46. The normalized spacial score (nSPS) is 11.1. The number of carbonyl (C=O) groups is 1. The lowest BCUT2D eigenvalue weighted by molar-refractivity contribution is 0.0976. The third-order valence-corrected chi connectivity index (χ3v) is 3.41. The summed E-state index contributed by atoms with van der Waals surface area (Å²) < 4.78 is 5.07. The SMILES string of the molecule is COc1ccc(NC(=S)C(C#N)C(=O)c2ccccc2)cc1. The minimum atomic E-state index is -1.01. The predicted molar refractivity (Wildman–Crippen MR) is 89.1 cm³/mol. The molecule has 1 atom stereocenters. The first-order valence-corrected chi connectivity index (χ1v) is 7.00. The number of carbonyl (C=O) groups excluding carboxylic acids is 1. The average Bonchev–Trinajstić information content (AvgIpc) is 2.57. The third-order valence-electron chi connectivity index (χ3n) is 3.07. The summed E-state index contributed by atoms with van der Waals surface area (Å²) in [5, 5.41) is 12.2. The average molecular weight is 310 g/mol. The van der Waals surface area contributed by atoms with Gasteiger partial charge in [0.15, 0.2) is 11.7 Å². The van der Waals surface area contributed by atoms with E-state index in [1.54, 1.807) is 55.6 Å². The van der Waals surface area contributed by atoms with Gasteiger partial charge in [0.05, 0.1) is 13.2 Å². The van der Waals surface area contributed by atoms with Crippen LogP contribution in [0.3, 0.4) is 0 Å². The van der Waals surface area contributed by atoms with Crippen LogP contribution in [0.5, 0.6) is 5.75 Å². The van der Waals surface area contributed by atoms with Gasteiger partial charge in [0.2, 0.25) is 0 Å². The highest BCUT2D eigenvalue weighted by molar-refractivity contribution is 7.80. The summed E-state index contributed by atoms with van der Waals surface area (Å²) in [7, 11) is 1.58. The van der Waals surface area contributed by atoms with E-state index in [9.17, 15) is 10.1 Å². The van der Waals surface area contributed by atoms with E-state index in [2.05, 4.69) is 5.32 Å². The Morgan fingerprint density at radius 2 is 1.82 bits per heavy atom. The quantitative estimate of drug-likeness (QED) is 0.677. The molecule has 0 heterocycles.